The van der Waals surface area contributed by atoms with E-state index < -0.39 is 0 Å². The summed E-state index contributed by atoms with van der Waals surface area (Å²) in [5.74, 6) is 5.12. The van der Waals surface area contributed by atoms with Crippen molar-refractivity contribution in [3.05, 3.63) is 0 Å². The van der Waals surface area contributed by atoms with Crippen LogP contribution in [0.1, 0.15) is 90.9 Å². The highest BCUT2D eigenvalue weighted by Crippen LogP contribution is 2.44. The Labute approximate surface area is 138 Å². The van der Waals surface area contributed by atoms with Gasteiger partial charge in [-0.1, -0.05) is 39.5 Å². The molecule has 1 N–H and O–H groups in total. The minimum absolute atomic E-state index is 0.0137. The predicted molar refractivity (Wildman–Crippen MR) is 93.7 cm³/mol. The number of hydrogen-bond acceptors (Lipinski definition) is 1. The molecule has 0 saturated heterocycles. The Hall–Kier alpha value is -0.0400. The third kappa shape index (κ3) is 4.08. The first-order valence-electron chi connectivity index (χ1n) is 10.3. The Morgan fingerprint density at radius 2 is 0.864 bits per heavy atom. The van der Waals surface area contributed by atoms with E-state index in [9.17, 15) is 5.11 Å². The van der Waals surface area contributed by atoms with Gasteiger partial charge in [-0.3, -0.25) is 0 Å². The molecule has 1 heteroatoms. The summed E-state index contributed by atoms with van der Waals surface area (Å²) < 4.78 is 0. The van der Waals surface area contributed by atoms with Crippen LogP contribution in [0.15, 0.2) is 0 Å². The smallest absolute Gasteiger partial charge is 0.0596 e. The second kappa shape index (κ2) is 7.69. The minimum atomic E-state index is 0.0137. The largest absolute Gasteiger partial charge is 0.393 e. The van der Waals surface area contributed by atoms with Crippen LogP contribution < -0.4 is 0 Å². The Morgan fingerprint density at radius 3 is 1.32 bits per heavy atom. The third-order valence-corrected chi connectivity index (χ3v) is 7.57. The fourth-order valence-electron chi connectivity index (χ4n) is 5.73. The lowest BCUT2D eigenvalue weighted by atomic mass is 9.67. The molecule has 3 aliphatic rings. The van der Waals surface area contributed by atoms with E-state index in [1.807, 2.05) is 0 Å². The average Bonchev–Trinajstić information content (AvgIpc) is 2.56. The molecule has 0 heterocycles. The minimum Gasteiger partial charge on any atom is -0.393 e. The maximum Gasteiger partial charge on any atom is 0.0596 e. The molecule has 0 aromatic heterocycles. The van der Waals surface area contributed by atoms with Crippen LogP contribution in [0, 0.1) is 35.5 Å². The summed E-state index contributed by atoms with van der Waals surface area (Å²) in [5.41, 5.74) is 0. The van der Waals surface area contributed by atoms with Crippen molar-refractivity contribution in [2.75, 3.05) is 0 Å². The van der Waals surface area contributed by atoms with Crippen molar-refractivity contribution in [2.24, 2.45) is 35.5 Å². The van der Waals surface area contributed by atoms with E-state index in [0.29, 0.717) is 11.8 Å². The molecule has 0 amide bonds. The molecule has 0 aromatic rings. The molecule has 3 fully saturated rings. The van der Waals surface area contributed by atoms with Gasteiger partial charge in [-0.2, -0.15) is 0 Å². The summed E-state index contributed by atoms with van der Waals surface area (Å²) in [6, 6.07) is 0. The lowest BCUT2D eigenvalue weighted by molar-refractivity contribution is 0.000982. The van der Waals surface area contributed by atoms with Crippen molar-refractivity contribution in [3.63, 3.8) is 0 Å². The topological polar surface area (TPSA) is 20.2 Å². The Bertz CT molecular complexity index is 315. The van der Waals surface area contributed by atoms with Crippen molar-refractivity contribution >= 4 is 0 Å². The predicted octanol–water partition coefficient (Wildman–Crippen LogP) is 5.81. The monoisotopic (exact) mass is 306 g/mol. The molecule has 3 aliphatic carbocycles. The molecule has 0 aliphatic heterocycles. The lowest BCUT2D eigenvalue weighted by Crippen LogP contribution is -2.35. The van der Waals surface area contributed by atoms with Gasteiger partial charge in [-0.05, 0) is 86.9 Å². The van der Waals surface area contributed by atoms with Gasteiger partial charge in [0.15, 0.2) is 0 Å². The van der Waals surface area contributed by atoms with Gasteiger partial charge in [-0.25, -0.2) is 0 Å². The van der Waals surface area contributed by atoms with E-state index in [0.717, 1.165) is 23.7 Å². The number of rotatable bonds is 3. The van der Waals surface area contributed by atoms with Crippen LogP contribution >= 0.6 is 0 Å². The summed E-state index contributed by atoms with van der Waals surface area (Å²) >= 11 is 0. The molecule has 3 rings (SSSR count). The Morgan fingerprint density at radius 1 is 0.545 bits per heavy atom. The van der Waals surface area contributed by atoms with Crippen LogP contribution in [0.5, 0.6) is 0 Å². The van der Waals surface area contributed by atoms with Crippen LogP contribution in [0.25, 0.3) is 0 Å². The SMILES string of the molecule is CC1CCC(C2CCC([C@H](O)C3CCC(C)CC3)CC2)CC1. The van der Waals surface area contributed by atoms with Gasteiger partial charge in [0.1, 0.15) is 0 Å². The van der Waals surface area contributed by atoms with Gasteiger partial charge in [0.2, 0.25) is 0 Å². The van der Waals surface area contributed by atoms with E-state index >= 15 is 0 Å². The van der Waals surface area contributed by atoms with Crippen molar-refractivity contribution in [1.29, 1.82) is 0 Å². The molecule has 1 atom stereocenters. The highest BCUT2D eigenvalue weighted by atomic mass is 16.3. The zero-order chi connectivity index (χ0) is 15.5. The first-order chi connectivity index (χ1) is 10.6. The number of aliphatic hydroxyl groups excluding tert-OH is 1. The molecule has 0 unspecified atom stereocenters. The summed E-state index contributed by atoms with van der Waals surface area (Å²) in [4.78, 5) is 0. The standard InChI is InChI=1S/C21H38O/c1-15-3-7-17(8-4-15)18-11-13-20(14-12-18)21(22)19-9-5-16(2)6-10-19/h15-22H,3-14H2,1-2H3/t15?,16?,17?,18?,19?,20?,21-/m1/s1. The molecule has 0 bridgehead atoms. The fraction of sp³-hybridized carbons (Fsp3) is 1.00. The zero-order valence-corrected chi connectivity index (χ0v) is 15.0. The van der Waals surface area contributed by atoms with E-state index in [1.54, 1.807) is 0 Å². The summed E-state index contributed by atoms with van der Waals surface area (Å²) in [6.45, 7) is 4.80. The van der Waals surface area contributed by atoms with E-state index in [2.05, 4.69) is 13.8 Å². The van der Waals surface area contributed by atoms with Gasteiger partial charge in [0.25, 0.3) is 0 Å². The molecule has 0 radical (unpaired) electrons. The molecular formula is C21H38O. The first kappa shape index (κ1) is 16.8. The van der Waals surface area contributed by atoms with Crippen molar-refractivity contribution in [3.8, 4) is 0 Å². The first-order valence-corrected chi connectivity index (χ1v) is 10.3. The van der Waals surface area contributed by atoms with Crippen LogP contribution in [0.3, 0.4) is 0 Å². The summed E-state index contributed by atoms with van der Waals surface area (Å²) in [6.07, 6.45) is 16.6. The van der Waals surface area contributed by atoms with Crippen LogP contribution in [-0.2, 0) is 0 Å². The third-order valence-electron chi connectivity index (χ3n) is 7.57. The zero-order valence-electron chi connectivity index (χ0n) is 15.0. The molecule has 3 saturated carbocycles. The normalized spacial score (nSPS) is 45.4. The molecule has 0 spiro atoms. The number of aliphatic hydroxyl groups is 1. The molecular weight excluding hydrogens is 268 g/mol. The van der Waals surface area contributed by atoms with Gasteiger partial charge in [-0.15, -0.1) is 0 Å². The molecule has 128 valence electrons. The van der Waals surface area contributed by atoms with Crippen molar-refractivity contribution < 1.29 is 5.11 Å². The Balaban J connectivity index is 1.43. The van der Waals surface area contributed by atoms with Gasteiger partial charge in [0.05, 0.1) is 6.10 Å². The second-order valence-corrected chi connectivity index (χ2v) is 9.21. The van der Waals surface area contributed by atoms with E-state index in [4.69, 9.17) is 0 Å². The van der Waals surface area contributed by atoms with E-state index in [1.165, 1.54) is 77.0 Å². The average molecular weight is 307 g/mol. The van der Waals surface area contributed by atoms with Gasteiger partial charge in [0, 0.05) is 0 Å². The maximum atomic E-state index is 10.8. The van der Waals surface area contributed by atoms with Crippen molar-refractivity contribution in [1.82, 2.24) is 0 Å². The Kier molecular flexibility index (Phi) is 5.87. The maximum absolute atomic E-state index is 10.8. The second-order valence-electron chi connectivity index (χ2n) is 9.21. The summed E-state index contributed by atoms with van der Waals surface area (Å²) in [5, 5.41) is 10.8. The van der Waals surface area contributed by atoms with Gasteiger partial charge < -0.3 is 5.11 Å². The van der Waals surface area contributed by atoms with Crippen molar-refractivity contribution in [2.45, 2.75) is 97.0 Å². The summed E-state index contributed by atoms with van der Waals surface area (Å²) in [7, 11) is 0. The molecule has 1 nitrogen and oxygen atoms in total. The molecule has 0 aromatic carbocycles. The van der Waals surface area contributed by atoms with Crippen LogP contribution in [0.2, 0.25) is 0 Å². The highest BCUT2D eigenvalue weighted by Gasteiger charge is 2.35. The van der Waals surface area contributed by atoms with E-state index in [-0.39, 0.29) is 6.10 Å². The fourth-order valence-corrected chi connectivity index (χ4v) is 5.73. The lowest BCUT2D eigenvalue weighted by Gasteiger charge is -2.40. The quantitative estimate of drug-likeness (QED) is 0.698. The van der Waals surface area contributed by atoms with Crippen LogP contribution in [-0.4, -0.2) is 11.2 Å². The number of hydrogen-bond donors (Lipinski definition) is 1. The van der Waals surface area contributed by atoms with Crippen LogP contribution in [0.4, 0.5) is 0 Å². The van der Waals surface area contributed by atoms with Gasteiger partial charge >= 0.3 is 0 Å². The molecule has 22 heavy (non-hydrogen) atoms. The highest BCUT2D eigenvalue weighted by molar-refractivity contribution is 4.86.